The first kappa shape index (κ1) is 19.9. The summed E-state index contributed by atoms with van der Waals surface area (Å²) in [7, 11) is 0. The van der Waals surface area contributed by atoms with Gasteiger partial charge < -0.3 is 10.6 Å². The molecular formula is C14H11BrF5N5O. The first-order chi connectivity index (χ1) is 12.0. The minimum Gasteiger partial charge on any atom is -0.358 e. The molecule has 2 heterocycles. The molecule has 1 atom stereocenters. The number of rotatable bonds is 5. The zero-order valence-corrected chi connectivity index (χ0v) is 14.6. The van der Waals surface area contributed by atoms with Gasteiger partial charge in [-0.05, 0) is 35.0 Å². The lowest BCUT2D eigenvalue weighted by molar-refractivity contribution is -0.289. The van der Waals surface area contributed by atoms with Crippen LogP contribution in [0.25, 0.3) is 0 Å². The molecule has 0 aliphatic rings. The zero-order valence-electron chi connectivity index (χ0n) is 13.0. The van der Waals surface area contributed by atoms with E-state index in [4.69, 9.17) is 0 Å². The Morgan fingerprint density at radius 1 is 1.08 bits per heavy atom. The molecule has 2 aromatic rings. The first-order valence-electron chi connectivity index (χ1n) is 6.93. The van der Waals surface area contributed by atoms with Gasteiger partial charge in [0.25, 0.3) is 5.91 Å². The van der Waals surface area contributed by atoms with Gasteiger partial charge in [-0.15, -0.1) is 0 Å². The van der Waals surface area contributed by atoms with Crippen molar-refractivity contribution in [2.24, 2.45) is 0 Å². The molecule has 0 aliphatic heterocycles. The molecule has 26 heavy (non-hydrogen) atoms. The van der Waals surface area contributed by atoms with Gasteiger partial charge in [-0.2, -0.15) is 22.0 Å². The fourth-order valence-corrected chi connectivity index (χ4v) is 1.96. The highest BCUT2D eigenvalue weighted by Gasteiger charge is 2.63. The highest BCUT2D eigenvalue weighted by atomic mass is 79.9. The van der Waals surface area contributed by atoms with Crippen LogP contribution in [0.3, 0.4) is 0 Å². The van der Waals surface area contributed by atoms with Gasteiger partial charge in [-0.25, -0.2) is 15.0 Å². The molecule has 0 radical (unpaired) electrons. The maximum Gasteiger partial charge on any atom is 0.457 e. The number of hydrogen-bond acceptors (Lipinski definition) is 5. The van der Waals surface area contributed by atoms with Crippen molar-refractivity contribution in [2.45, 2.75) is 25.2 Å². The van der Waals surface area contributed by atoms with E-state index < -0.39 is 24.2 Å². The van der Waals surface area contributed by atoms with Crippen molar-refractivity contribution in [2.75, 3.05) is 5.32 Å². The van der Waals surface area contributed by atoms with E-state index in [0.717, 1.165) is 18.5 Å². The van der Waals surface area contributed by atoms with E-state index in [9.17, 15) is 26.7 Å². The average Bonchev–Trinajstić information content (AvgIpc) is 2.55. The molecule has 0 aromatic carbocycles. The Labute approximate surface area is 152 Å². The summed E-state index contributed by atoms with van der Waals surface area (Å²) < 4.78 is 66.4. The second-order valence-electron chi connectivity index (χ2n) is 5.05. The third-order valence-electron chi connectivity index (χ3n) is 3.07. The quantitative estimate of drug-likeness (QED) is 0.551. The Balaban J connectivity index is 2.29. The topological polar surface area (TPSA) is 79.8 Å². The largest absolute Gasteiger partial charge is 0.457 e. The third kappa shape index (κ3) is 4.62. The van der Waals surface area contributed by atoms with Gasteiger partial charge in [0.15, 0.2) is 6.17 Å². The first-order valence-corrected chi connectivity index (χ1v) is 7.72. The van der Waals surface area contributed by atoms with Gasteiger partial charge in [-0.3, -0.25) is 4.79 Å². The van der Waals surface area contributed by atoms with Crippen molar-refractivity contribution in [3.63, 3.8) is 0 Å². The van der Waals surface area contributed by atoms with E-state index in [1.807, 2.05) is 5.32 Å². The van der Waals surface area contributed by atoms with Gasteiger partial charge in [0.05, 0.1) is 18.1 Å². The highest BCUT2D eigenvalue weighted by molar-refractivity contribution is 9.10. The number of halogens is 6. The lowest BCUT2D eigenvalue weighted by atomic mass is 10.2. The number of carbonyl (C=O) groups is 1. The third-order valence-corrected chi connectivity index (χ3v) is 3.54. The molecule has 12 heteroatoms. The molecule has 0 saturated heterocycles. The van der Waals surface area contributed by atoms with E-state index in [0.29, 0.717) is 4.47 Å². The molecule has 0 fully saturated rings. The van der Waals surface area contributed by atoms with Crippen LogP contribution in [0.5, 0.6) is 0 Å². The van der Waals surface area contributed by atoms with Crippen molar-refractivity contribution >= 4 is 27.5 Å². The fourth-order valence-electron chi connectivity index (χ4n) is 1.73. The van der Waals surface area contributed by atoms with Crippen molar-refractivity contribution in [1.82, 2.24) is 20.3 Å². The number of aromatic nitrogens is 3. The van der Waals surface area contributed by atoms with Crippen molar-refractivity contribution < 1.29 is 26.7 Å². The lowest BCUT2D eigenvalue weighted by Gasteiger charge is -2.30. The summed E-state index contributed by atoms with van der Waals surface area (Å²) in [6, 6.07) is 2.55. The van der Waals surface area contributed by atoms with Crippen LogP contribution in [0.15, 0.2) is 35.2 Å². The number of aryl methyl sites for hydroxylation is 1. The summed E-state index contributed by atoms with van der Waals surface area (Å²) >= 11 is 3.06. The predicted octanol–water partition coefficient (Wildman–Crippen LogP) is 3.31. The molecule has 2 aromatic heterocycles. The Hall–Kier alpha value is -2.37. The lowest BCUT2D eigenvalue weighted by Crippen LogP contribution is -2.59. The standard InChI is InChI=1S/C14H11BrF5N5O/c1-7-21-5-9(6-22-7)24-12(13(16,17)14(18,19)20)25-11(26)10-3-2-8(15)4-23-10/h2-6,12,24H,1H3,(H,25,26). The fraction of sp³-hybridized carbons (Fsp3) is 0.286. The molecule has 6 nitrogen and oxygen atoms in total. The molecule has 2 N–H and O–H groups in total. The number of carbonyl (C=O) groups excluding carboxylic acids is 1. The summed E-state index contributed by atoms with van der Waals surface area (Å²) in [5.41, 5.74) is -0.563. The maximum atomic E-state index is 13.8. The summed E-state index contributed by atoms with van der Waals surface area (Å²) in [4.78, 5) is 23.1. The molecule has 0 saturated carbocycles. The van der Waals surface area contributed by atoms with E-state index in [2.05, 4.69) is 30.9 Å². The summed E-state index contributed by atoms with van der Waals surface area (Å²) in [5, 5.41) is 3.51. The number of anilines is 1. The molecule has 140 valence electrons. The number of hydrogen-bond donors (Lipinski definition) is 2. The van der Waals surface area contributed by atoms with Crippen LogP contribution in [-0.2, 0) is 0 Å². The summed E-state index contributed by atoms with van der Waals surface area (Å²) in [6.45, 7) is 1.51. The molecule has 1 unspecified atom stereocenters. The van der Waals surface area contributed by atoms with Gasteiger partial charge in [0.1, 0.15) is 11.5 Å². The number of nitrogens with one attached hydrogen (secondary N) is 2. The van der Waals surface area contributed by atoms with E-state index in [-0.39, 0.29) is 17.2 Å². The maximum absolute atomic E-state index is 13.8. The van der Waals surface area contributed by atoms with Crippen LogP contribution in [0, 0.1) is 6.92 Å². The Kier molecular flexibility index (Phi) is 5.74. The van der Waals surface area contributed by atoms with E-state index in [1.54, 1.807) is 5.32 Å². The molecule has 0 bridgehead atoms. The minimum absolute atomic E-state index is 0.228. The van der Waals surface area contributed by atoms with Gasteiger partial charge in [-0.1, -0.05) is 0 Å². The Morgan fingerprint density at radius 2 is 1.69 bits per heavy atom. The molecular weight excluding hydrogens is 429 g/mol. The van der Waals surface area contributed by atoms with Gasteiger partial charge in [0.2, 0.25) is 0 Å². The Bertz CT molecular complexity index is 767. The highest BCUT2D eigenvalue weighted by Crippen LogP contribution is 2.38. The van der Waals surface area contributed by atoms with E-state index >= 15 is 0 Å². The molecule has 0 spiro atoms. The second kappa shape index (κ2) is 7.48. The normalized spacial score (nSPS) is 13.2. The predicted molar refractivity (Wildman–Crippen MR) is 84.6 cm³/mol. The Morgan fingerprint density at radius 3 is 2.19 bits per heavy atom. The minimum atomic E-state index is -5.91. The number of pyridine rings is 1. The molecule has 0 aliphatic carbocycles. The monoisotopic (exact) mass is 439 g/mol. The van der Waals surface area contributed by atoms with Crippen LogP contribution in [0.4, 0.5) is 27.6 Å². The summed E-state index contributed by atoms with van der Waals surface area (Å²) in [6.07, 6.45) is -5.46. The van der Waals surface area contributed by atoms with Gasteiger partial charge in [0, 0.05) is 10.7 Å². The number of amides is 1. The van der Waals surface area contributed by atoms with Crippen LogP contribution in [-0.4, -0.2) is 39.1 Å². The SMILES string of the molecule is Cc1ncc(NC(NC(=O)c2ccc(Br)cn2)C(F)(F)C(F)(F)F)cn1. The van der Waals surface area contributed by atoms with Crippen molar-refractivity contribution in [1.29, 1.82) is 0 Å². The average molecular weight is 440 g/mol. The van der Waals surface area contributed by atoms with Gasteiger partial charge >= 0.3 is 12.1 Å². The van der Waals surface area contributed by atoms with Crippen LogP contribution >= 0.6 is 15.9 Å². The van der Waals surface area contributed by atoms with E-state index in [1.165, 1.54) is 19.2 Å². The van der Waals surface area contributed by atoms with Crippen LogP contribution < -0.4 is 10.6 Å². The van der Waals surface area contributed by atoms with Crippen LogP contribution in [0.2, 0.25) is 0 Å². The second-order valence-corrected chi connectivity index (χ2v) is 5.97. The number of nitrogens with zero attached hydrogens (tertiary/aromatic N) is 3. The zero-order chi connectivity index (χ0) is 19.5. The van der Waals surface area contributed by atoms with Crippen LogP contribution in [0.1, 0.15) is 16.3 Å². The molecule has 2 rings (SSSR count). The van der Waals surface area contributed by atoms with Crippen molar-refractivity contribution in [3.8, 4) is 0 Å². The number of alkyl halides is 5. The smallest absolute Gasteiger partial charge is 0.358 e. The van der Waals surface area contributed by atoms with Crippen molar-refractivity contribution in [3.05, 3.63) is 46.7 Å². The summed E-state index contributed by atoms with van der Waals surface area (Å²) in [5.74, 6) is -6.20. The molecule has 1 amide bonds.